The number of aromatic nitrogens is 1. The standard InChI is InChI=1S/C13H17ClN2O2/c1-16(9-11-4-2-3-7-18-11)13(17)10-5-6-12(14)15-8-10/h5-6,8,11H,2-4,7,9H2,1H3. The minimum Gasteiger partial charge on any atom is -0.376 e. The van der Waals surface area contributed by atoms with Gasteiger partial charge in [0, 0.05) is 26.4 Å². The van der Waals surface area contributed by atoms with Gasteiger partial charge in [0.05, 0.1) is 11.7 Å². The third-order valence-electron chi connectivity index (χ3n) is 3.07. The van der Waals surface area contributed by atoms with Crippen LogP contribution in [0.15, 0.2) is 18.3 Å². The molecule has 1 aromatic rings. The van der Waals surface area contributed by atoms with Gasteiger partial charge in [-0.3, -0.25) is 4.79 Å². The third-order valence-corrected chi connectivity index (χ3v) is 3.30. The molecule has 0 saturated carbocycles. The maximum Gasteiger partial charge on any atom is 0.255 e. The van der Waals surface area contributed by atoms with E-state index in [4.69, 9.17) is 16.3 Å². The number of carbonyl (C=O) groups excluding carboxylic acids is 1. The quantitative estimate of drug-likeness (QED) is 0.791. The minimum atomic E-state index is -0.0478. The highest BCUT2D eigenvalue weighted by Crippen LogP contribution is 2.14. The summed E-state index contributed by atoms with van der Waals surface area (Å²) in [6, 6.07) is 3.32. The fourth-order valence-electron chi connectivity index (χ4n) is 2.06. The van der Waals surface area contributed by atoms with Crippen molar-refractivity contribution < 1.29 is 9.53 Å². The van der Waals surface area contributed by atoms with Gasteiger partial charge in [-0.2, -0.15) is 0 Å². The number of likely N-dealkylation sites (N-methyl/N-ethyl adjacent to an activating group) is 1. The highest BCUT2D eigenvalue weighted by molar-refractivity contribution is 6.29. The van der Waals surface area contributed by atoms with Crippen LogP contribution in [0.5, 0.6) is 0 Å². The van der Waals surface area contributed by atoms with Crippen LogP contribution >= 0.6 is 11.6 Å². The normalized spacial score (nSPS) is 19.6. The van der Waals surface area contributed by atoms with E-state index in [9.17, 15) is 4.79 Å². The predicted octanol–water partition coefficient (Wildman–Crippen LogP) is 2.38. The number of halogens is 1. The predicted molar refractivity (Wildman–Crippen MR) is 69.8 cm³/mol. The summed E-state index contributed by atoms with van der Waals surface area (Å²) in [5, 5.41) is 0.393. The van der Waals surface area contributed by atoms with Crippen molar-refractivity contribution in [3.8, 4) is 0 Å². The monoisotopic (exact) mass is 268 g/mol. The molecule has 1 atom stereocenters. The molecule has 1 amide bonds. The highest BCUT2D eigenvalue weighted by Gasteiger charge is 2.19. The number of pyridine rings is 1. The van der Waals surface area contributed by atoms with Gasteiger partial charge < -0.3 is 9.64 Å². The Labute approximate surface area is 112 Å². The first-order valence-corrected chi connectivity index (χ1v) is 6.53. The molecule has 18 heavy (non-hydrogen) atoms. The molecular weight excluding hydrogens is 252 g/mol. The van der Waals surface area contributed by atoms with Crippen molar-refractivity contribution >= 4 is 17.5 Å². The van der Waals surface area contributed by atoms with Crippen LogP contribution in [0.3, 0.4) is 0 Å². The molecule has 2 rings (SSSR count). The fraction of sp³-hybridized carbons (Fsp3) is 0.538. The first-order chi connectivity index (χ1) is 8.66. The Morgan fingerprint density at radius 1 is 1.56 bits per heavy atom. The molecule has 1 unspecified atom stereocenters. The summed E-state index contributed by atoms with van der Waals surface area (Å²) in [4.78, 5) is 17.7. The summed E-state index contributed by atoms with van der Waals surface area (Å²) < 4.78 is 5.62. The van der Waals surface area contributed by atoms with Crippen molar-refractivity contribution in [3.05, 3.63) is 29.0 Å². The first-order valence-electron chi connectivity index (χ1n) is 6.15. The number of amides is 1. The van der Waals surface area contributed by atoms with E-state index in [-0.39, 0.29) is 12.0 Å². The van der Waals surface area contributed by atoms with E-state index in [0.717, 1.165) is 19.4 Å². The highest BCUT2D eigenvalue weighted by atomic mass is 35.5. The Balaban J connectivity index is 1.93. The smallest absolute Gasteiger partial charge is 0.255 e. The molecule has 5 heteroatoms. The number of hydrogen-bond donors (Lipinski definition) is 0. The van der Waals surface area contributed by atoms with E-state index in [1.54, 1.807) is 24.1 Å². The minimum absolute atomic E-state index is 0.0478. The van der Waals surface area contributed by atoms with E-state index in [1.807, 2.05) is 0 Å². The van der Waals surface area contributed by atoms with Gasteiger partial charge in [-0.05, 0) is 31.4 Å². The zero-order valence-electron chi connectivity index (χ0n) is 10.4. The van der Waals surface area contributed by atoms with E-state index in [2.05, 4.69) is 4.98 Å². The van der Waals surface area contributed by atoms with E-state index in [0.29, 0.717) is 17.3 Å². The Morgan fingerprint density at radius 2 is 2.39 bits per heavy atom. The van der Waals surface area contributed by atoms with Crippen molar-refractivity contribution in [3.63, 3.8) is 0 Å². The Hall–Kier alpha value is -1.13. The van der Waals surface area contributed by atoms with Gasteiger partial charge in [0.1, 0.15) is 5.15 Å². The Kier molecular flexibility index (Phi) is 4.55. The van der Waals surface area contributed by atoms with Gasteiger partial charge in [-0.25, -0.2) is 4.98 Å². The first kappa shape index (κ1) is 13.3. The molecule has 0 N–H and O–H groups in total. The molecular formula is C13H17ClN2O2. The number of ether oxygens (including phenoxy) is 1. The largest absolute Gasteiger partial charge is 0.376 e. The summed E-state index contributed by atoms with van der Waals surface area (Å²) >= 11 is 5.70. The van der Waals surface area contributed by atoms with Gasteiger partial charge in [0.2, 0.25) is 0 Å². The molecule has 1 aromatic heterocycles. The van der Waals surface area contributed by atoms with Crippen molar-refractivity contribution in [2.24, 2.45) is 0 Å². The van der Waals surface area contributed by atoms with Gasteiger partial charge in [-0.1, -0.05) is 11.6 Å². The lowest BCUT2D eigenvalue weighted by Crippen LogP contribution is -2.37. The van der Waals surface area contributed by atoms with Crippen LogP contribution < -0.4 is 0 Å². The molecule has 2 heterocycles. The second-order valence-corrected chi connectivity index (χ2v) is 4.93. The maximum absolute atomic E-state index is 12.1. The SMILES string of the molecule is CN(CC1CCCCO1)C(=O)c1ccc(Cl)nc1. The molecule has 4 nitrogen and oxygen atoms in total. The van der Waals surface area contributed by atoms with Crippen LogP contribution in [0.1, 0.15) is 29.6 Å². The summed E-state index contributed by atoms with van der Waals surface area (Å²) in [5.74, 6) is -0.0478. The Bertz CT molecular complexity index is 402. The lowest BCUT2D eigenvalue weighted by Gasteiger charge is -2.27. The average Bonchev–Trinajstić information content (AvgIpc) is 2.40. The van der Waals surface area contributed by atoms with Crippen LogP contribution in [0.2, 0.25) is 5.15 Å². The summed E-state index contributed by atoms with van der Waals surface area (Å²) in [7, 11) is 1.79. The van der Waals surface area contributed by atoms with Crippen LogP contribution in [-0.2, 0) is 4.74 Å². The maximum atomic E-state index is 12.1. The molecule has 0 spiro atoms. The average molecular weight is 269 g/mol. The van der Waals surface area contributed by atoms with E-state index >= 15 is 0 Å². The summed E-state index contributed by atoms with van der Waals surface area (Å²) in [6.45, 7) is 1.43. The lowest BCUT2D eigenvalue weighted by atomic mass is 10.1. The topological polar surface area (TPSA) is 42.4 Å². The van der Waals surface area contributed by atoms with Gasteiger partial charge in [0.15, 0.2) is 0 Å². The molecule has 0 aromatic carbocycles. The molecule has 1 fully saturated rings. The second-order valence-electron chi connectivity index (χ2n) is 4.54. The van der Waals surface area contributed by atoms with Crippen LogP contribution in [0, 0.1) is 0 Å². The second kappa shape index (κ2) is 6.16. The van der Waals surface area contributed by atoms with E-state index in [1.165, 1.54) is 12.6 Å². The van der Waals surface area contributed by atoms with Gasteiger partial charge in [0.25, 0.3) is 5.91 Å². The molecule has 0 radical (unpaired) electrons. The van der Waals surface area contributed by atoms with Crippen LogP contribution in [0.25, 0.3) is 0 Å². The third kappa shape index (κ3) is 3.43. The van der Waals surface area contributed by atoms with Crippen molar-refractivity contribution in [2.75, 3.05) is 20.2 Å². The molecule has 0 aliphatic carbocycles. The molecule has 0 bridgehead atoms. The summed E-state index contributed by atoms with van der Waals surface area (Å²) in [6.07, 6.45) is 4.98. The number of carbonyl (C=O) groups is 1. The van der Waals surface area contributed by atoms with Crippen molar-refractivity contribution in [2.45, 2.75) is 25.4 Å². The lowest BCUT2D eigenvalue weighted by molar-refractivity contribution is -0.000195. The van der Waals surface area contributed by atoms with Crippen LogP contribution in [0.4, 0.5) is 0 Å². The molecule has 1 aliphatic heterocycles. The van der Waals surface area contributed by atoms with Crippen molar-refractivity contribution in [1.82, 2.24) is 9.88 Å². The molecule has 1 aliphatic rings. The molecule has 98 valence electrons. The number of nitrogens with zero attached hydrogens (tertiary/aromatic N) is 2. The molecule has 1 saturated heterocycles. The number of rotatable bonds is 3. The van der Waals surface area contributed by atoms with Crippen molar-refractivity contribution in [1.29, 1.82) is 0 Å². The van der Waals surface area contributed by atoms with Gasteiger partial charge in [-0.15, -0.1) is 0 Å². The zero-order chi connectivity index (χ0) is 13.0. The van der Waals surface area contributed by atoms with E-state index < -0.39 is 0 Å². The Morgan fingerprint density at radius 3 is 3.00 bits per heavy atom. The fourth-order valence-corrected chi connectivity index (χ4v) is 2.17. The number of hydrogen-bond acceptors (Lipinski definition) is 3. The zero-order valence-corrected chi connectivity index (χ0v) is 11.2. The van der Waals surface area contributed by atoms with Crippen LogP contribution in [-0.4, -0.2) is 42.1 Å². The summed E-state index contributed by atoms with van der Waals surface area (Å²) in [5.41, 5.74) is 0.553. The van der Waals surface area contributed by atoms with Gasteiger partial charge >= 0.3 is 0 Å².